The maximum absolute atomic E-state index is 5.67. The number of morpholine rings is 1. The number of nitrogens with zero attached hydrogens (tertiary/aromatic N) is 1. The van der Waals surface area contributed by atoms with Crippen molar-refractivity contribution in [3.05, 3.63) is 28.2 Å². The Morgan fingerprint density at radius 1 is 1.39 bits per heavy atom. The van der Waals surface area contributed by atoms with Gasteiger partial charge in [-0.3, -0.25) is 0 Å². The highest BCUT2D eigenvalue weighted by Crippen LogP contribution is 2.35. The monoisotopic (exact) mass is 326 g/mol. The summed E-state index contributed by atoms with van der Waals surface area (Å²) in [7, 11) is 0. The lowest BCUT2D eigenvalue weighted by molar-refractivity contribution is 0.0680. The molecule has 0 aromatic heterocycles. The van der Waals surface area contributed by atoms with Crippen molar-refractivity contribution in [2.24, 2.45) is 0 Å². The molecule has 2 heterocycles. The first-order valence-corrected chi connectivity index (χ1v) is 7.35. The van der Waals surface area contributed by atoms with Crippen LogP contribution >= 0.6 is 28.1 Å². The number of benzene rings is 1. The van der Waals surface area contributed by atoms with Crippen LogP contribution in [0.4, 0.5) is 5.69 Å². The van der Waals surface area contributed by atoms with Crippen LogP contribution in [-0.4, -0.2) is 42.7 Å². The van der Waals surface area contributed by atoms with Crippen LogP contribution in [-0.2, 0) is 4.74 Å². The van der Waals surface area contributed by atoms with Crippen molar-refractivity contribution in [1.82, 2.24) is 4.90 Å². The molecule has 18 heavy (non-hydrogen) atoms. The van der Waals surface area contributed by atoms with Crippen LogP contribution in [0.1, 0.15) is 11.5 Å². The van der Waals surface area contributed by atoms with Crippen LogP contribution in [0.2, 0.25) is 0 Å². The molecule has 1 saturated heterocycles. The molecule has 1 atom stereocenters. The van der Waals surface area contributed by atoms with E-state index in [2.05, 4.69) is 44.3 Å². The first-order valence-electron chi connectivity index (χ1n) is 6.15. The Labute approximate surface area is 121 Å². The van der Waals surface area contributed by atoms with Gasteiger partial charge in [0.25, 0.3) is 0 Å². The average Bonchev–Trinajstić information content (AvgIpc) is 2.82. The Balaban J connectivity index is 1.82. The van der Waals surface area contributed by atoms with Crippen molar-refractivity contribution in [1.29, 1.82) is 0 Å². The first kappa shape index (κ1) is 12.4. The highest BCUT2D eigenvalue weighted by molar-refractivity contribution is 9.10. The van der Waals surface area contributed by atoms with Gasteiger partial charge in [0.2, 0.25) is 0 Å². The number of hydrogen-bond acceptors (Lipinski definition) is 3. The summed E-state index contributed by atoms with van der Waals surface area (Å²) in [6.07, 6.45) is 0. The molecule has 96 valence electrons. The predicted octanol–water partition coefficient (Wildman–Crippen LogP) is 2.62. The van der Waals surface area contributed by atoms with Crippen LogP contribution in [0.15, 0.2) is 22.7 Å². The van der Waals surface area contributed by atoms with Crippen LogP contribution in [0.25, 0.3) is 0 Å². The Hall–Kier alpha value is -0.650. The molecule has 2 aliphatic rings. The number of hydrogen-bond donors (Lipinski definition) is 1. The number of nitrogens with one attached hydrogen (secondary N) is 1. The Kier molecular flexibility index (Phi) is 3.54. The summed E-state index contributed by atoms with van der Waals surface area (Å²) in [5.74, 6) is 0.311. The van der Waals surface area contributed by atoms with E-state index >= 15 is 0 Å². The lowest BCUT2D eigenvalue weighted by Crippen LogP contribution is -2.42. The zero-order valence-corrected chi connectivity index (χ0v) is 12.4. The molecule has 0 spiro atoms. The average molecular weight is 327 g/mol. The number of anilines is 1. The molecule has 0 amide bonds. The summed E-state index contributed by atoms with van der Waals surface area (Å²) in [6.45, 7) is 4.30. The minimum absolute atomic E-state index is 0.311. The number of ether oxygens (including phenoxy) is 1. The third-order valence-corrected chi connectivity index (χ3v) is 4.54. The van der Waals surface area contributed by atoms with E-state index in [1.807, 2.05) is 0 Å². The largest absolute Gasteiger partial charge is 0.384 e. The number of halogens is 1. The van der Waals surface area contributed by atoms with Crippen LogP contribution in [0, 0.1) is 0 Å². The van der Waals surface area contributed by atoms with E-state index in [9.17, 15) is 0 Å². The van der Waals surface area contributed by atoms with Crippen molar-refractivity contribution in [3.63, 3.8) is 0 Å². The van der Waals surface area contributed by atoms with Crippen LogP contribution in [0.3, 0.4) is 0 Å². The Bertz CT molecular complexity index is 474. The third-order valence-electron chi connectivity index (χ3n) is 3.51. The van der Waals surface area contributed by atoms with E-state index < -0.39 is 0 Å². The summed E-state index contributed by atoms with van der Waals surface area (Å²) < 4.78 is 6.49. The van der Waals surface area contributed by atoms with Gasteiger partial charge in [0, 0.05) is 29.8 Å². The highest BCUT2D eigenvalue weighted by atomic mass is 79.9. The maximum Gasteiger partial charge on any atom is 0.0875 e. The molecular weight excluding hydrogens is 312 g/mol. The van der Waals surface area contributed by atoms with Gasteiger partial charge in [-0.15, -0.1) is 0 Å². The zero-order valence-electron chi connectivity index (χ0n) is 9.99. The third kappa shape index (κ3) is 2.27. The fourth-order valence-corrected chi connectivity index (χ4v) is 3.30. The summed E-state index contributed by atoms with van der Waals surface area (Å²) in [4.78, 5) is 3.32. The SMILES string of the molecule is S=C(C1CNc2ccc(Br)cc21)N1CCOCC1. The smallest absolute Gasteiger partial charge is 0.0875 e. The minimum atomic E-state index is 0.311. The molecule has 5 heteroatoms. The first-order chi connectivity index (χ1) is 8.75. The topological polar surface area (TPSA) is 24.5 Å². The van der Waals surface area contributed by atoms with Crippen molar-refractivity contribution in [3.8, 4) is 0 Å². The lowest BCUT2D eigenvalue weighted by Gasteiger charge is -2.31. The second-order valence-electron chi connectivity index (χ2n) is 4.60. The van der Waals surface area contributed by atoms with Crippen molar-refractivity contribution < 1.29 is 4.74 Å². The molecule has 1 unspecified atom stereocenters. The van der Waals surface area contributed by atoms with Gasteiger partial charge in [-0.1, -0.05) is 28.1 Å². The van der Waals surface area contributed by atoms with Gasteiger partial charge in [0.05, 0.1) is 24.1 Å². The maximum atomic E-state index is 5.67. The number of rotatable bonds is 1. The highest BCUT2D eigenvalue weighted by Gasteiger charge is 2.29. The normalized spacial score (nSPS) is 22.5. The van der Waals surface area contributed by atoms with Crippen molar-refractivity contribution >= 4 is 38.8 Å². The second-order valence-corrected chi connectivity index (χ2v) is 5.94. The van der Waals surface area contributed by atoms with Crippen molar-refractivity contribution in [2.45, 2.75) is 5.92 Å². The molecule has 1 fully saturated rings. The van der Waals surface area contributed by atoms with Crippen LogP contribution in [0.5, 0.6) is 0 Å². The molecule has 0 saturated carbocycles. The molecule has 1 aromatic carbocycles. The van der Waals surface area contributed by atoms with E-state index in [1.54, 1.807) is 0 Å². The number of thiocarbonyl (C=S) groups is 1. The van der Waals surface area contributed by atoms with Gasteiger partial charge < -0.3 is 15.0 Å². The quantitative estimate of drug-likeness (QED) is 0.802. The van der Waals surface area contributed by atoms with Gasteiger partial charge in [0.15, 0.2) is 0 Å². The molecule has 3 rings (SSSR count). The fourth-order valence-electron chi connectivity index (χ4n) is 2.53. The second kappa shape index (κ2) is 5.15. The molecule has 0 radical (unpaired) electrons. The predicted molar refractivity (Wildman–Crippen MR) is 80.4 cm³/mol. The van der Waals surface area contributed by atoms with E-state index in [-0.39, 0.29) is 0 Å². The van der Waals surface area contributed by atoms with Gasteiger partial charge in [0.1, 0.15) is 0 Å². The Morgan fingerprint density at radius 2 is 2.17 bits per heavy atom. The summed E-state index contributed by atoms with van der Waals surface area (Å²) in [6, 6.07) is 6.35. The molecule has 0 aliphatic carbocycles. The standard InChI is InChI=1S/C13H15BrN2OS/c14-9-1-2-12-10(7-9)11(8-15-12)13(18)16-3-5-17-6-4-16/h1-2,7,11,15H,3-6,8H2. The molecule has 1 aromatic rings. The molecule has 2 aliphatic heterocycles. The Morgan fingerprint density at radius 3 is 2.94 bits per heavy atom. The van der Waals surface area contributed by atoms with E-state index in [4.69, 9.17) is 17.0 Å². The van der Waals surface area contributed by atoms with E-state index in [1.165, 1.54) is 11.3 Å². The summed E-state index contributed by atoms with van der Waals surface area (Å²) in [5.41, 5.74) is 2.51. The fraction of sp³-hybridized carbons (Fsp3) is 0.462. The van der Waals surface area contributed by atoms with Gasteiger partial charge in [-0.2, -0.15) is 0 Å². The van der Waals surface area contributed by atoms with Gasteiger partial charge in [-0.05, 0) is 23.8 Å². The van der Waals surface area contributed by atoms with Gasteiger partial charge >= 0.3 is 0 Å². The molecular formula is C13H15BrN2OS. The van der Waals surface area contributed by atoms with Gasteiger partial charge in [-0.25, -0.2) is 0 Å². The summed E-state index contributed by atoms with van der Waals surface area (Å²) >= 11 is 9.20. The minimum Gasteiger partial charge on any atom is -0.384 e. The molecule has 0 bridgehead atoms. The zero-order chi connectivity index (χ0) is 12.5. The summed E-state index contributed by atoms with van der Waals surface area (Å²) in [5, 5.41) is 3.43. The van der Waals surface area contributed by atoms with E-state index in [0.29, 0.717) is 5.92 Å². The molecule has 3 nitrogen and oxygen atoms in total. The lowest BCUT2D eigenvalue weighted by atomic mass is 10.0. The van der Waals surface area contributed by atoms with E-state index in [0.717, 1.165) is 42.3 Å². The number of fused-ring (bicyclic) bond motifs is 1. The van der Waals surface area contributed by atoms with Crippen molar-refractivity contribution in [2.75, 3.05) is 38.2 Å². The van der Waals surface area contributed by atoms with Crippen LogP contribution < -0.4 is 5.32 Å². The molecule has 1 N–H and O–H groups in total.